The molecule has 23 heavy (non-hydrogen) atoms. The highest BCUT2D eigenvalue weighted by molar-refractivity contribution is 6.03. The van der Waals surface area contributed by atoms with Crippen LogP contribution >= 0.6 is 0 Å². The van der Waals surface area contributed by atoms with Crippen molar-refractivity contribution in [3.63, 3.8) is 0 Å². The highest BCUT2D eigenvalue weighted by Gasteiger charge is 2.12. The number of ether oxygens (including phenoxy) is 2. The molecule has 0 saturated carbocycles. The fraction of sp³-hybridized carbons (Fsp3) is 0.263. The molecule has 0 bridgehead atoms. The van der Waals surface area contributed by atoms with Gasteiger partial charge in [-0.2, -0.15) is 0 Å². The second-order valence-electron chi connectivity index (χ2n) is 5.09. The summed E-state index contributed by atoms with van der Waals surface area (Å²) in [6.07, 6.45) is 5.40. The standard InChI is InChI=1S/C19H20O4/c1-15-7-8-17(11-12-22-13-14-23-15)19(21)10-9-18(20)16-5-3-2-4-6-16/h2-8,11H,1,9-10,12-14H2/b8-7-,17-11+. The van der Waals surface area contributed by atoms with E-state index in [9.17, 15) is 9.59 Å². The van der Waals surface area contributed by atoms with Crippen molar-refractivity contribution in [3.8, 4) is 0 Å². The molecule has 1 heterocycles. The van der Waals surface area contributed by atoms with Crippen molar-refractivity contribution in [3.05, 3.63) is 72.0 Å². The van der Waals surface area contributed by atoms with E-state index in [2.05, 4.69) is 6.58 Å². The molecular weight excluding hydrogens is 292 g/mol. The van der Waals surface area contributed by atoms with Crippen molar-refractivity contribution in [1.82, 2.24) is 0 Å². The number of hydrogen-bond acceptors (Lipinski definition) is 4. The van der Waals surface area contributed by atoms with Crippen LogP contribution in [0.1, 0.15) is 23.2 Å². The van der Waals surface area contributed by atoms with E-state index in [1.165, 1.54) is 0 Å². The number of ketones is 2. The van der Waals surface area contributed by atoms with E-state index in [1.54, 1.807) is 30.4 Å². The molecule has 0 aliphatic carbocycles. The van der Waals surface area contributed by atoms with Crippen molar-refractivity contribution in [2.24, 2.45) is 0 Å². The topological polar surface area (TPSA) is 52.6 Å². The highest BCUT2D eigenvalue weighted by atomic mass is 16.5. The van der Waals surface area contributed by atoms with E-state index in [0.717, 1.165) is 0 Å². The van der Waals surface area contributed by atoms with Crippen LogP contribution < -0.4 is 0 Å². The van der Waals surface area contributed by atoms with Gasteiger partial charge in [-0.1, -0.05) is 36.9 Å². The molecule has 0 radical (unpaired) electrons. The Balaban J connectivity index is 1.96. The van der Waals surface area contributed by atoms with Gasteiger partial charge in [0, 0.05) is 24.0 Å². The second kappa shape index (κ2) is 8.86. The highest BCUT2D eigenvalue weighted by Crippen LogP contribution is 2.11. The molecule has 120 valence electrons. The first-order valence-electron chi connectivity index (χ1n) is 7.56. The van der Waals surface area contributed by atoms with Crippen molar-refractivity contribution < 1.29 is 19.1 Å². The van der Waals surface area contributed by atoms with E-state index >= 15 is 0 Å². The van der Waals surface area contributed by atoms with Gasteiger partial charge < -0.3 is 9.47 Å². The number of Topliss-reactive ketones (excluding diaryl/α,β-unsaturated/α-hetero) is 2. The van der Waals surface area contributed by atoms with Gasteiger partial charge in [0.1, 0.15) is 12.4 Å². The number of allylic oxidation sites excluding steroid dienone is 3. The lowest BCUT2D eigenvalue weighted by atomic mass is 10.0. The molecule has 0 amide bonds. The first-order valence-corrected chi connectivity index (χ1v) is 7.56. The van der Waals surface area contributed by atoms with Crippen molar-refractivity contribution in [2.45, 2.75) is 12.8 Å². The molecule has 1 aliphatic heterocycles. The molecule has 0 fully saturated rings. The summed E-state index contributed by atoms with van der Waals surface area (Å²) < 4.78 is 10.6. The number of hydrogen-bond donors (Lipinski definition) is 0. The predicted octanol–water partition coefficient (Wildman–Crippen LogP) is 3.26. The van der Waals surface area contributed by atoms with Gasteiger partial charge in [0.05, 0.1) is 13.2 Å². The average Bonchev–Trinajstić information content (AvgIpc) is 2.59. The summed E-state index contributed by atoms with van der Waals surface area (Å²) in [5.41, 5.74) is 1.14. The van der Waals surface area contributed by atoms with E-state index in [4.69, 9.17) is 9.47 Å². The van der Waals surface area contributed by atoms with Gasteiger partial charge >= 0.3 is 0 Å². The zero-order valence-corrected chi connectivity index (χ0v) is 13.0. The molecule has 0 atom stereocenters. The Labute approximate surface area is 136 Å². The molecule has 4 nitrogen and oxygen atoms in total. The minimum Gasteiger partial charge on any atom is -0.492 e. The summed E-state index contributed by atoms with van der Waals surface area (Å²) in [6, 6.07) is 8.98. The summed E-state index contributed by atoms with van der Waals surface area (Å²) in [7, 11) is 0. The summed E-state index contributed by atoms with van der Waals surface area (Å²) in [5, 5.41) is 0. The zero-order valence-electron chi connectivity index (χ0n) is 13.0. The van der Waals surface area contributed by atoms with Crippen molar-refractivity contribution >= 4 is 11.6 Å². The maximum atomic E-state index is 12.3. The van der Waals surface area contributed by atoms with E-state index in [1.807, 2.05) is 18.2 Å². The SMILES string of the molecule is C=C1/C=C\C(C(=O)CCC(=O)c2ccccc2)=C/COCCO1. The Morgan fingerprint density at radius 2 is 1.74 bits per heavy atom. The lowest BCUT2D eigenvalue weighted by Crippen LogP contribution is -2.09. The van der Waals surface area contributed by atoms with E-state index in [-0.39, 0.29) is 24.4 Å². The van der Waals surface area contributed by atoms with Gasteiger partial charge in [-0.15, -0.1) is 0 Å². The molecule has 2 rings (SSSR count). The molecule has 0 aromatic heterocycles. The van der Waals surface area contributed by atoms with Crippen LogP contribution in [0.2, 0.25) is 0 Å². The molecule has 0 N–H and O–H groups in total. The Bertz CT molecular complexity index is 626. The molecule has 0 spiro atoms. The third-order valence-corrected chi connectivity index (χ3v) is 3.38. The van der Waals surface area contributed by atoms with Crippen LogP contribution in [0, 0.1) is 0 Å². The Morgan fingerprint density at radius 3 is 2.52 bits per heavy atom. The van der Waals surface area contributed by atoms with Crippen LogP contribution in [0.25, 0.3) is 0 Å². The monoisotopic (exact) mass is 312 g/mol. The van der Waals surface area contributed by atoms with Crippen LogP contribution in [0.3, 0.4) is 0 Å². The van der Waals surface area contributed by atoms with Crippen LogP contribution in [0.4, 0.5) is 0 Å². The maximum Gasteiger partial charge on any atom is 0.163 e. The summed E-state index contributed by atoms with van der Waals surface area (Å²) in [5.74, 6) is 0.351. The van der Waals surface area contributed by atoms with Gasteiger partial charge in [0.2, 0.25) is 0 Å². The Morgan fingerprint density at radius 1 is 1.00 bits per heavy atom. The summed E-state index contributed by atoms with van der Waals surface area (Å²) in [4.78, 5) is 24.4. The van der Waals surface area contributed by atoms with Gasteiger partial charge in [0.15, 0.2) is 11.6 Å². The van der Waals surface area contributed by atoms with Crippen molar-refractivity contribution in [2.75, 3.05) is 19.8 Å². The molecule has 1 aliphatic rings. The van der Waals surface area contributed by atoms with E-state index < -0.39 is 0 Å². The quantitative estimate of drug-likeness (QED) is 0.783. The molecule has 0 saturated heterocycles. The average molecular weight is 312 g/mol. The first kappa shape index (κ1) is 16.9. The van der Waals surface area contributed by atoms with E-state index in [0.29, 0.717) is 36.7 Å². The predicted molar refractivity (Wildman–Crippen MR) is 88.1 cm³/mol. The van der Waals surface area contributed by atoms with Gasteiger partial charge in [-0.25, -0.2) is 0 Å². The molecular formula is C19H20O4. The molecule has 1 aromatic carbocycles. The smallest absolute Gasteiger partial charge is 0.163 e. The molecule has 4 heteroatoms. The number of carbonyl (C=O) groups is 2. The minimum absolute atomic E-state index is 0.0348. The third-order valence-electron chi connectivity index (χ3n) is 3.38. The number of rotatable bonds is 5. The molecule has 1 aromatic rings. The number of carbonyl (C=O) groups excluding carboxylic acids is 2. The summed E-state index contributed by atoms with van der Waals surface area (Å²) in [6.45, 7) is 4.96. The van der Waals surface area contributed by atoms with Crippen molar-refractivity contribution in [1.29, 1.82) is 0 Å². The van der Waals surface area contributed by atoms with Crippen LogP contribution in [-0.4, -0.2) is 31.4 Å². The minimum atomic E-state index is -0.0949. The van der Waals surface area contributed by atoms with Crippen LogP contribution in [0.5, 0.6) is 0 Å². The Hall–Kier alpha value is -2.46. The number of benzene rings is 1. The first-order chi connectivity index (χ1) is 11.2. The van der Waals surface area contributed by atoms with Crippen LogP contribution in [-0.2, 0) is 14.3 Å². The zero-order chi connectivity index (χ0) is 16.5. The van der Waals surface area contributed by atoms with Crippen LogP contribution in [0.15, 0.2) is 66.5 Å². The van der Waals surface area contributed by atoms with Gasteiger partial charge in [-0.05, 0) is 18.2 Å². The lowest BCUT2D eigenvalue weighted by Gasteiger charge is -2.09. The lowest BCUT2D eigenvalue weighted by molar-refractivity contribution is -0.115. The fourth-order valence-corrected chi connectivity index (χ4v) is 2.11. The van der Waals surface area contributed by atoms with Gasteiger partial charge in [-0.3, -0.25) is 9.59 Å². The molecule has 0 unspecified atom stereocenters. The normalized spacial score (nSPS) is 19.1. The third kappa shape index (κ3) is 5.68. The fourth-order valence-electron chi connectivity index (χ4n) is 2.11. The summed E-state index contributed by atoms with van der Waals surface area (Å²) >= 11 is 0. The Kier molecular flexibility index (Phi) is 6.51. The maximum absolute atomic E-state index is 12.3. The largest absolute Gasteiger partial charge is 0.492 e. The second-order valence-corrected chi connectivity index (χ2v) is 5.09. The van der Waals surface area contributed by atoms with Gasteiger partial charge in [0.25, 0.3) is 0 Å².